The Labute approximate surface area is 168 Å². The third kappa shape index (κ3) is 4.52. The van der Waals surface area contributed by atoms with E-state index in [1.165, 1.54) is 0 Å². The summed E-state index contributed by atoms with van der Waals surface area (Å²) >= 11 is 0. The van der Waals surface area contributed by atoms with Crippen LogP contribution in [0.5, 0.6) is 11.5 Å². The fraction of sp³-hybridized carbons (Fsp3) is 0.318. The van der Waals surface area contributed by atoms with Gasteiger partial charge >= 0.3 is 0 Å². The number of fused-ring (bicyclic) bond motifs is 1. The standard InChI is InChI=1S/C22H24N2O5/c1-26-17-4-2-16(3-5-17)21-15-20(23-25)19-7-6-18(14-22(19)29-21)28-13-10-24-8-11-27-12-9-24/h2-7,14-15,25H,8-13H2,1H3. The molecule has 0 spiro atoms. The van der Waals surface area contributed by atoms with Gasteiger partial charge in [0.15, 0.2) is 0 Å². The molecule has 0 amide bonds. The van der Waals surface area contributed by atoms with Crippen LogP contribution < -0.4 is 14.8 Å². The summed E-state index contributed by atoms with van der Waals surface area (Å²) in [5, 5.41) is 14.0. The van der Waals surface area contributed by atoms with E-state index >= 15 is 0 Å². The lowest BCUT2D eigenvalue weighted by Gasteiger charge is -2.26. The molecule has 152 valence electrons. The summed E-state index contributed by atoms with van der Waals surface area (Å²) in [4.78, 5) is 2.32. The van der Waals surface area contributed by atoms with E-state index in [0.717, 1.165) is 44.2 Å². The zero-order chi connectivity index (χ0) is 20.1. The molecule has 7 heteroatoms. The van der Waals surface area contributed by atoms with E-state index in [9.17, 15) is 5.21 Å². The van der Waals surface area contributed by atoms with Crippen molar-refractivity contribution in [3.63, 3.8) is 0 Å². The Balaban J connectivity index is 1.57. The Kier molecular flexibility index (Phi) is 5.97. The highest BCUT2D eigenvalue weighted by Gasteiger charge is 2.11. The van der Waals surface area contributed by atoms with Crippen LogP contribution >= 0.6 is 0 Å². The molecule has 3 aromatic rings. The van der Waals surface area contributed by atoms with Crippen molar-refractivity contribution in [3.8, 4) is 22.8 Å². The molecule has 0 saturated carbocycles. The SMILES string of the molecule is COc1ccc(-c2cc(=NO)c3ccc(OCCN4CCOCC4)cc3o2)cc1. The zero-order valence-corrected chi connectivity index (χ0v) is 16.3. The van der Waals surface area contributed by atoms with Gasteiger partial charge in [-0.05, 0) is 36.4 Å². The van der Waals surface area contributed by atoms with E-state index in [1.807, 2.05) is 42.5 Å². The molecule has 0 aliphatic carbocycles. The molecule has 29 heavy (non-hydrogen) atoms. The van der Waals surface area contributed by atoms with Crippen molar-refractivity contribution in [1.82, 2.24) is 4.90 Å². The first kappa shape index (κ1) is 19.3. The first-order chi connectivity index (χ1) is 14.3. The van der Waals surface area contributed by atoms with Crippen molar-refractivity contribution in [2.24, 2.45) is 5.16 Å². The van der Waals surface area contributed by atoms with Crippen LogP contribution in [0.2, 0.25) is 0 Å². The minimum absolute atomic E-state index is 0.442. The average molecular weight is 396 g/mol. The third-order valence-electron chi connectivity index (χ3n) is 4.98. The maximum Gasteiger partial charge on any atom is 0.140 e. The number of hydrogen-bond donors (Lipinski definition) is 1. The predicted octanol–water partition coefficient (Wildman–Crippen LogP) is 3.11. The smallest absolute Gasteiger partial charge is 0.140 e. The fourth-order valence-electron chi connectivity index (χ4n) is 3.34. The van der Waals surface area contributed by atoms with Crippen LogP contribution in [-0.4, -0.2) is 56.7 Å². The van der Waals surface area contributed by atoms with Crippen LogP contribution in [0, 0.1) is 0 Å². The summed E-state index contributed by atoms with van der Waals surface area (Å²) in [6, 6.07) is 14.8. The Morgan fingerprint density at radius 2 is 1.79 bits per heavy atom. The van der Waals surface area contributed by atoms with Crippen molar-refractivity contribution >= 4 is 11.0 Å². The molecular weight excluding hydrogens is 372 g/mol. The van der Waals surface area contributed by atoms with Crippen LogP contribution in [0.3, 0.4) is 0 Å². The van der Waals surface area contributed by atoms with Gasteiger partial charge in [0.1, 0.15) is 34.8 Å². The molecule has 1 aliphatic rings. The summed E-state index contributed by atoms with van der Waals surface area (Å²) in [6.45, 7) is 4.85. The van der Waals surface area contributed by atoms with Gasteiger partial charge in [-0.25, -0.2) is 0 Å². The lowest BCUT2D eigenvalue weighted by Crippen LogP contribution is -2.38. The highest BCUT2D eigenvalue weighted by atomic mass is 16.5. The molecular formula is C22H24N2O5. The molecule has 1 fully saturated rings. The summed E-state index contributed by atoms with van der Waals surface area (Å²) in [5.41, 5.74) is 1.45. The Morgan fingerprint density at radius 1 is 1.03 bits per heavy atom. The first-order valence-electron chi connectivity index (χ1n) is 9.60. The quantitative estimate of drug-likeness (QED) is 0.510. The first-order valence-corrected chi connectivity index (χ1v) is 9.60. The second-order valence-corrected chi connectivity index (χ2v) is 6.78. The van der Waals surface area contributed by atoms with E-state index in [-0.39, 0.29) is 0 Å². The highest BCUT2D eigenvalue weighted by molar-refractivity contribution is 5.79. The maximum atomic E-state index is 9.46. The molecule has 0 bridgehead atoms. The van der Waals surface area contributed by atoms with E-state index in [0.29, 0.717) is 34.4 Å². The number of rotatable bonds is 6. The molecule has 1 aromatic heterocycles. The summed E-state index contributed by atoms with van der Waals surface area (Å²) < 4.78 is 22.6. The lowest BCUT2D eigenvalue weighted by molar-refractivity contribution is 0.0322. The number of hydrogen-bond acceptors (Lipinski definition) is 7. The van der Waals surface area contributed by atoms with Crippen molar-refractivity contribution in [2.45, 2.75) is 0 Å². The van der Waals surface area contributed by atoms with E-state index in [2.05, 4.69) is 10.1 Å². The van der Waals surface area contributed by atoms with Crippen molar-refractivity contribution in [2.75, 3.05) is 46.6 Å². The van der Waals surface area contributed by atoms with Gasteiger partial charge in [-0.2, -0.15) is 0 Å². The number of methoxy groups -OCH3 is 1. The van der Waals surface area contributed by atoms with E-state index in [1.54, 1.807) is 13.2 Å². The number of nitrogens with zero attached hydrogens (tertiary/aromatic N) is 2. The normalized spacial score (nSPS) is 15.6. The topological polar surface area (TPSA) is 76.7 Å². The zero-order valence-electron chi connectivity index (χ0n) is 16.3. The Hall–Kier alpha value is -3.03. The molecule has 2 aromatic carbocycles. The van der Waals surface area contributed by atoms with Crippen LogP contribution in [-0.2, 0) is 4.74 Å². The maximum absolute atomic E-state index is 9.46. The summed E-state index contributed by atoms with van der Waals surface area (Å²) in [7, 11) is 1.62. The largest absolute Gasteiger partial charge is 0.497 e. The van der Waals surface area contributed by atoms with E-state index in [4.69, 9.17) is 18.6 Å². The molecule has 7 nitrogen and oxygen atoms in total. The molecule has 2 heterocycles. The molecule has 1 saturated heterocycles. The van der Waals surface area contributed by atoms with Gasteiger partial charge in [-0.3, -0.25) is 4.90 Å². The second kappa shape index (κ2) is 8.98. The molecule has 0 radical (unpaired) electrons. The number of ether oxygens (including phenoxy) is 3. The minimum atomic E-state index is 0.442. The van der Waals surface area contributed by atoms with Crippen molar-refractivity contribution in [1.29, 1.82) is 0 Å². The summed E-state index contributed by atoms with van der Waals surface area (Å²) in [6.07, 6.45) is 0. The Bertz CT molecular complexity index is 1020. The summed E-state index contributed by atoms with van der Waals surface area (Å²) in [5.74, 6) is 2.07. The Morgan fingerprint density at radius 3 is 2.52 bits per heavy atom. The average Bonchev–Trinajstić information content (AvgIpc) is 2.79. The van der Waals surface area contributed by atoms with Gasteiger partial charge in [-0.1, -0.05) is 5.16 Å². The van der Waals surface area contributed by atoms with Crippen LogP contribution in [0.4, 0.5) is 0 Å². The van der Waals surface area contributed by atoms with E-state index < -0.39 is 0 Å². The van der Waals surface area contributed by atoms with Crippen LogP contribution in [0.15, 0.2) is 58.1 Å². The minimum Gasteiger partial charge on any atom is -0.497 e. The van der Waals surface area contributed by atoms with Crippen LogP contribution in [0.25, 0.3) is 22.3 Å². The monoisotopic (exact) mass is 396 g/mol. The van der Waals surface area contributed by atoms with Gasteiger partial charge < -0.3 is 23.8 Å². The highest BCUT2D eigenvalue weighted by Crippen LogP contribution is 2.26. The molecule has 0 unspecified atom stereocenters. The van der Waals surface area contributed by atoms with Crippen molar-refractivity contribution in [3.05, 3.63) is 53.9 Å². The molecule has 0 atom stereocenters. The van der Waals surface area contributed by atoms with Crippen molar-refractivity contribution < 1.29 is 23.8 Å². The predicted molar refractivity (Wildman–Crippen MR) is 108 cm³/mol. The van der Waals surface area contributed by atoms with Gasteiger partial charge in [0.2, 0.25) is 0 Å². The lowest BCUT2D eigenvalue weighted by atomic mass is 10.1. The second-order valence-electron chi connectivity index (χ2n) is 6.78. The molecule has 4 rings (SSSR count). The van der Waals surface area contributed by atoms with Gasteiger partial charge in [-0.15, -0.1) is 0 Å². The van der Waals surface area contributed by atoms with Gasteiger partial charge in [0, 0.05) is 42.7 Å². The molecule has 1 N–H and O–H groups in total. The van der Waals surface area contributed by atoms with Crippen LogP contribution in [0.1, 0.15) is 0 Å². The third-order valence-corrected chi connectivity index (χ3v) is 4.98. The number of benzene rings is 2. The molecule has 1 aliphatic heterocycles. The number of morpholine rings is 1. The van der Waals surface area contributed by atoms with Gasteiger partial charge in [0.25, 0.3) is 0 Å². The fourth-order valence-corrected chi connectivity index (χ4v) is 3.34. The van der Waals surface area contributed by atoms with Gasteiger partial charge in [0.05, 0.1) is 20.3 Å².